The summed E-state index contributed by atoms with van der Waals surface area (Å²) in [5.74, 6) is -0.836. The molecule has 0 saturated heterocycles. The van der Waals surface area contributed by atoms with Crippen LogP contribution in [0.5, 0.6) is 0 Å². The zero-order valence-corrected chi connectivity index (χ0v) is 9.65. The average molecular weight is 214 g/mol. The summed E-state index contributed by atoms with van der Waals surface area (Å²) >= 11 is 0. The lowest BCUT2D eigenvalue weighted by Gasteiger charge is -2.25. The van der Waals surface area contributed by atoms with Gasteiger partial charge in [0.15, 0.2) is 0 Å². The van der Waals surface area contributed by atoms with Crippen LogP contribution in [0.15, 0.2) is 12.7 Å². The number of carbonyl (C=O) groups is 2. The SMILES string of the molecule is C=C[C@@H](OC(C)=O)[C@@H](C)[C@H](C)OC(C)=O. The van der Waals surface area contributed by atoms with Gasteiger partial charge in [-0.15, -0.1) is 0 Å². The first kappa shape index (κ1) is 13.7. The summed E-state index contributed by atoms with van der Waals surface area (Å²) in [7, 11) is 0. The van der Waals surface area contributed by atoms with E-state index in [0.717, 1.165) is 0 Å². The van der Waals surface area contributed by atoms with Crippen molar-refractivity contribution >= 4 is 11.9 Å². The average Bonchev–Trinajstić information content (AvgIpc) is 2.11. The van der Waals surface area contributed by atoms with Gasteiger partial charge in [-0.1, -0.05) is 19.6 Å². The van der Waals surface area contributed by atoms with Gasteiger partial charge in [0.25, 0.3) is 0 Å². The monoisotopic (exact) mass is 214 g/mol. The Morgan fingerprint density at radius 2 is 1.60 bits per heavy atom. The molecule has 0 aliphatic carbocycles. The van der Waals surface area contributed by atoms with Gasteiger partial charge in [0.05, 0.1) is 0 Å². The summed E-state index contributed by atoms with van der Waals surface area (Å²) in [6.45, 7) is 9.85. The molecule has 86 valence electrons. The van der Waals surface area contributed by atoms with Gasteiger partial charge in [0.2, 0.25) is 0 Å². The molecule has 0 saturated carbocycles. The molecule has 0 rings (SSSR count). The van der Waals surface area contributed by atoms with Crippen molar-refractivity contribution in [3.05, 3.63) is 12.7 Å². The van der Waals surface area contributed by atoms with Crippen LogP contribution in [-0.4, -0.2) is 24.1 Å². The predicted molar refractivity (Wildman–Crippen MR) is 56.1 cm³/mol. The third kappa shape index (κ3) is 5.20. The van der Waals surface area contributed by atoms with Gasteiger partial charge in [-0.2, -0.15) is 0 Å². The Bertz CT molecular complexity index is 247. The lowest BCUT2D eigenvalue weighted by molar-refractivity contribution is -0.154. The fourth-order valence-electron chi connectivity index (χ4n) is 1.20. The third-order valence-corrected chi connectivity index (χ3v) is 2.14. The van der Waals surface area contributed by atoms with Crippen molar-refractivity contribution in [1.29, 1.82) is 0 Å². The molecule has 0 aromatic rings. The van der Waals surface area contributed by atoms with Crippen LogP contribution in [0.2, 0.25) is 0 Å². The lowest BCUT2D eigenvalue weighted by Crippen LogP contribution is -2.32. The molecule has 15 heavy (non-hydrogen) atoms. The number of esters is 2. The maximum atomic E-state index is 10.8. The van der Waals surface area contributed by atoms with Gasteiger partial charge in [0.1, 0.15) is 12.2 Å². The molecule has 0 aliphatic heterocycles. The van der Waals surface area contributed by atoms with Crippen LogP contribution in [0.4, 0.5) is 0 Å². The van der Waals surface area contributed by atoms with Crippen molar-refractivity contribution in [1.82, 2.24) is 0 Å². The summed E-state index contributed by atoms with van der Waals surface area (Å²) in [5.41, 5.74) is 0. The van der Waals surface area contributed by atoms with E-state index in [1.54, 1.807) is 6.92 Å². The summed E-state index contributed by atoms with van der Waals surface area (Å²) in [4.78, 5) is 21.5. The van der Waals surface area contributed by atoms with Crippen LogP contribution in [0.3, 0.4) is 0 Å². The minimum absolute atomic E-state index is 0.115. The zero-order valence-electron chi connectivity index (χ0n) is 9.65. The molecule has 0 unspecified atom stereocenters. The number of hydrogen-bond acceptors (Lipinski definition) is 4. The normalized spacial score (nSPS) is 16.0. The molecule has 0 fully saturated rings. The van der Waals surface area contributed by atoms with Gasteiger partial charge in [-0.3, -0.25) is 9.59 Å². The first-order valence-electron chi connectivity index (χ1n) is 4.85. The molecule has 0 aromatic heterocycles. The van der Waals surface area contributed by atoms with Crippen molar-refractivity contribution in [2.24, 2.45) is 5.92 Å². The topological polar surface area (TPSA) is 52.6 Å². The van der Waals surface area contributed by atoms with Crippen LogP contribution in [0.25, 0.3) is 0 Å². The van der Waals surface area contributed by atoms with Gasteiger partial charge >= 0.3 is 11.9 Å². The number of rotatable bonds is 5. The molecule has 0 radical (unpaired) electrons. The van der Waals surface area contributed by atoms with Crippen LogP contribution in [0, 0.1) is 5.92 Å². The third-order valence-electron chi connectivity index (χ3n) is 2.14. The van der Waals surface area contributed by atoms with E-state index in [1.807, 2.05) is 6.92 Å². The highest BCUT2D eigenvalue weighted by Gasteiger charge is 2.24. The van der Waals surface area contributed by atoms with Crippen molar-refractivity contribution in [2.75, 3.05) is 0 Å². The molecule has 3 atom stereocenters. The zero-order chi connectivity index (χ0) is 12.0. The molecular weight excluding hydrogens is 196 g/mol. The molecule has 0 heterocycles. The van der Waals surface area contributed by atoms with Crippen LogP contribution >= 0.6 is 0 Å². The molecule has 0 N–H and O–H groups in total. The van der Waals surface area contributed by atoms with Gasteiger partial charge < -0.3 is 9.47 Å². The van der Waals surface area contributed by atoms with Gasteiger partial charge in [-0.25, -0.2) is 0 Å². The van der Waals surface area contributed by atoms with E-state index in [0.29, 0.717) is 0 Å². The first-order chi connectivity index (χ1) is 6.88. The summed E-state index contributed by atoms with van der Waals surface area (Å²) < 4.78 is 10.0. The Kier molecular flexibility index (Phi) is 5.67. The Labute approximate surface area is 90.2 Å². The minimum Gasteiger partial charge on any atom is -0.462 e. The molecule has 0 aliphatic rings. The standard InChI is InChI=1S/C11H18O4/c1-6-11(15-10(5)13)7(2)8(3)14-9(4)12/h6-8,11H,1H2,2-5H3/t7-,8-,11+/m0/s1. The van der Waals surface area contributed by atoms with E-state index in [1.165, 1.54) is 19.9 Å². The second-order valence-corrected chi connectivity index (χ2v) is 3.48. The van der Waals surface area contributed by atoms with Crippen molar-refractivity contribution in [3.63, 3.8) is 0 Å². The highest BCUT2D eigenvalue weighted by molar-refractivity contribution is 5.66. The Balaban J connectivity index is 4.35. The predicted octanol–water partition coefficient (Wildman–Crippen LogP) is 1.69. The molecule has 0 aromatic carbocycles. The second kappa shape index (κ2) is 6.22. The number of hydrogen-bond donors (Lipinski definition) is 0. The lowest BCUT2D eigenvalue weighted by atomic mass is 9.99. The molecule has 0 bridgehead atoms. The number of carbonyl (C=O) groups excluding carboxylic acids is 2. The van der Waals surface area contributed by atoms with Crippen LogP contribution in [0.1, 0.15) is 27.7 Å². The highest BCUT2D eigenvalue weighted by atomic mass is 16.6. The van der Waals surface area contributed by atoms with Gasteiger partial charge in [0, 0.05) is 19.8 Å². The number of ether oxygens (including phenoxy) is 2. The van der Waals surface area contributed by atoms with Crippen LogP contribution in [-0.2, 0) is 19.1 Å². The van der Waals surface area contributed by atoms with E-state index in [9.17, 15) is 9.59 Å². The molecule has 4 nitrogen and oxygen atoms in total. The Morgan fingerprint density at radius 3 is 1.93 bits per heavy atom. The maximum Gasteiger partial charge on any atom is 0.303 e. The van der Waals surface area contributed by atoms with Crippen LogP contribution < -0.4 is 0 Å². The second-order valence-electron chi connectivity index (χ2n) is 3.48. The van der Waals surface area contributed by atoms with Crippen molar-refractivity contribution in [2.45, 2.75) is 39.9 Å². The van der Waals surface area contributed by atoms with Crippen molar-refractivity contribution < 1.29 is 19.1 Å². The van der Waals surface area contributed by atoms with E-state index in [2.05, 4.69) is 6.58 Å². The largest absolute Gasteiger partial charge is 0.462 e. The van der Waals surface area contributed by atoms with E-state index >= 15 is 0 Å². The molecule has 4 heteroatoms. The molecule has 0 spiro atoms. The maximum absolute atomic E-state index is 10.8. The van der Waals surface area contributed by atoms with Crippen molar-refractivity contribution in [3.8, 4) is 0 Å². The summed E-state index contributed by atoms with van der Waals surface area (Å²) in [6, 6.07) is 0. The van der Waals surface area contributed by atoms with E-state index in [4.69, 9.17) is 9.47 Å². The molecule has 0 amide bonds. The summed E-state index contributed by atoms with van der Waals surface area (Å²) in [5, 5.41) is 0. The molecular formula is C11H18O4. The summed E-state index contributed by atoms with van der Waals surface area (Å²) in [6.07, 6.45) is 0.785. The quantitative estimate of drug-likeness (QED) is 0.516. The fraction of sp³-hybridized carbons (Fsp3) is 0.636. The Morgan fingerprint density at radius 1 is 1.13 bits per heavy atom. The van der Waals surface area contributed by atoms with E-state index < -0.39 is 6.10 Å². The fourth-order valence-corrected chi connectivity index (χ4v) is 1.20. The van der Waals surface area contributed by atoms with E-state index in [-0.39, 0.29) is 24.0 Å². The highest BCUT2D eigenvalue weighted by Crippen LogP contribution is 2.16. The van der Waals surface area contributed by atoms with Gasteiger partial charge in [-0.05, 0) is 6.92 Å². The smallest absolute Gasteiger partial charge is 0.303 e. The Hall–Kier alpha value is -1.32. The first-order valence-corrected chi connectivity index (χ1v) is 4.85. The minimum atomic E-state index is -0.433.